The second-order valence-electron chi connectivity index (χ2n) is 7.36. The van der Waals surface area contributed by atoms with Crippen molar-refractivity contribution < 1.29 is 9.47 Å². The quantitative estimate of drug-likeness (QED) is 0.362. The molecule has 0 unspecified atom stereocenters. The molecule has 0 aliphatic carbocycles. The van der Waals surface area contributed by atoms with Crippen molar-refractivity contribution in [2.75, 3.05) is 14.2 Å². The van der Waals surface area contributed by atoms with Gasteiger partial charge in [0.1, 0.15) is 11.5 Å². The molecular formula is C26H22N4O2. The van der Waals surface area contributed by atoms with E-state index in [1.807, 2.05) is 73.3 Å². The van der Waals surface area contributed by atoms with E-state index in [0.29, 0.717) is 5.82 Å². The number of hydrogen-bond acceptors (Lipinski definition) is 4. The normalized spacial score (nSPS) is 10.8. The molecule has 0 saturated heterocycles. The molecule has 2 aromatic carbocycles. The molecule has 0 fully saturated rings. The van der Waals surface area contributed by atoms with Crippen molar-refractivity contribution in [1.29, 1.82) is 0 Å². The standard InChI is InChI=1S/C26H22N4O2/c1-31-22-7-3-17(4-8-22)24-11-19(13-27-24)21-15-29-26(30-16-21)20-12-25(28-14-20)18-5-9-23(32-2)10-6-18/h3-16,27-28H,1-2H3. The SMILES string of the molecule is COc1ccc(-c2cc(-c3cnc(-c4c[nH]c(-c5ccc(OC)cc5)c4)nc3)c[nH]2)cc1. The predicted molar refractivity (Wildman–Crippen MR) is 126 cm³/mol. The highest BCUT2D eigenvalue weighted by atomic mass is 16.5. The first-order chi connectivity index (χ1) is 15.7. The smallest absolute Gasteiger partial charge is 0.160 e. The Labute approximate surface area is 185 Å². The molecule has 0 radical (unpaired) electrons. The maximum absolute atomic E-state index is 5.23. The monoisotopic (exact) mass is 422 g/mol. The van der Waals surface area contributed by atoms with Crippen molar-refractivity contribution >= 4 is 0 Å². The van der Waals surface area contributed by atoms with E-state index in [1.54, 1.807) is 14.2 Å². The largest absolute Gasteiger partial charge is 0.497 e. The number of hydrogen-bond donors (Lipinski definition) is 2. The molecule has 32 heavy (non-hydrogen) atoms. The topological polar surface area (TPSA) is 75.8 Å². The van der Waals surface area contributed by atoms with E-state index >= 15 is 0 Å². The fourth-order valence-electron chi connectivity index (χ4n) is 3.59. The van der Waals surface area contributed by atoms with Crippen LogP contribution in [0.2, 0.25) is 0 Å². The van der Waals surface area contributed by atoms with Crippen LogP contribution >= 0.6 is 0 Å². The average molecular weight is 422 g/mol. The molecule has 2 N–H and O–H groups in total. The van der Waals surface area contributed by atoms with Crippen LogP contribution in [0.25, 0.3) is 45.0 Å². The van der Waals surface area contributed by atoms with Crippen LogP contribution in [0.4, 0.5) is 0 Å². The Kier molecular flexibility index (Phi) is 5.17. The van der Waals surface area contributed by atoms with Crippen molar-refractivity contribution in [2.24, 2.45) is 0 Å². The first-order valence-corrected chi connectivity index (χ1v) is 10.2. The number of benzene rings is 2. The summed E-state index contributed by atoms with van der Waals surface area (Å²) in [5.41, 5.74) is 7.13. The molecule has 158 valence electrons. The molecule has 0 aliphatic rings. The van der Waals surface area contributed by atoms with Gasteiger partial charge < -0.3 is 19.4 Å². The maximum Gasteiger partial charge on any atom is 0.160 e. The molecule has 6 nitrogen and oxygen atoms in total. The van der Waals surface area contributed by atoms with Crippen molar-refractivity contribution in [2.45, 2.75) is 0 Å². The molecule has 0 atom stereocenters. The van der Waals surface area contributed by atoms with Crippen molar-refractivity contribution in [1.82, 2.24) is 19.9 Å². The van der Waals surface area contributed by atoms with Gasteiger partial charge in [-0.15, -0.1) is 0 Å². The molecule has 3 aromatic heterocycles. The highest BCUT2D eigenvalue weighted by molar-refractivity contribution is 5.72. The minimum Gasteiger partial charge on any atom is -0.497 e. The summed E-state index contributed by atoms with van der Waals surface area (Å²) in [6.45, 7) is 0. The van der Waals surface area contributed by atoms with Crippen molar-refractivity contribution in [3.63, 3.8) is 0 Å². The number of aromatic amines is 2. The Morgan fingerprint density at radius 2 is 1.03 bits per heavy atom. The lowest BCUT2D eigenvalue weighted by Gasteiger charge is -2.01. The van der Waals surface area contributed by atoms with E-state index < -0.39 is 0 Å². The zero-order valence-corrected chi connectivity index (χ0v) is 17.8. The van der Waals surface area contributed by atoms with Crippen molar-refractivity contribution in [3.05, 3.63) is 85.5 Å². The fraction of sp³-hybridized carbons (Fsp3) is 0.0769. The zero-order valence-electron chi connectivity index (χ0n) is 17.8. The molecule has 0 amide bonds. The second-order valence-corrected chi connectivity index (χ2v) is 7.36. The summed E-state index contributed by atoms with van der Waals surface area (Å²) in [5, 5.41) is 0. The molecule has 0 bridgehead atoms. The van der Waals surface area contributed by atoms with Crippen LogP contribution in [0.1, 0.15) is 0 Å². The summed E-state index contributed by atoms with van der Waals surface area (Å²) in [7, 11) is 3.33. The number of aromatic nitrogens is 4. The predicted octanol–water partition coefficient (Wildman–Crippen LogP) is 5.82. The Bertz CT molecular complexity index is 1210. The van der Waals surface area contributed by atoms with Crippen LogP contribution in [-0.2, 0) is 0 Å². The summed E-state index contributed by atoms with van der Waals surface area (Å²) < 4.78 is 10.5. The van der Waals surface area contributed by atoms with E-state index in [1.165, 1.54) is 0 Å². The molecule has 6 heteroatoms. The van der Waals surface area contributed by atoms with Gasteiger partial charge in [0.15, 0.2) is 5.82 Å². The van der Waals surface area contributed by atoms with Crippen LogP contribution in [0.15, 0.2) is 85.5 Å². The van der Waals surface area contributed by atoms with Gasteiger partial charge in [-0.05, 0) is 71.8 Å². The molecule has 0 spiro atoms. The van der Waals surface area contributed by atoms with Gasteiger partial charge in [0.2, 0.25) is 0 Å². The lowest BCUT2D eigenvalue weighted by atomic mass is 10.1. The zero-order chi connectivity index (χ0) is 21.9. The average Bonchev–Trinajstić information content (AvgIpc) is 3.55. The Balaban J connectivity index is 1.34. The van der Waals surface area contributed by atoms with Gasteiger partial charge in [-0.25, -0.2) is 9.97 Å². The number of nitrogens with zero attached hydrogens (tertiary/aromatic N) is 2. The first-order valence-electron chi connectivity index (χ1n) is 10.2. The number of nitrogens with one attached hydrogen (secondary N) is 2. The van der Waals surface area contributed by atoms with Gasteiger partial charge in [0, 0.05) is 52.9 Å². The van der Waals surface area contributed by atoms with E-state index in [9.17, 15) is 0 Å². The summed E-state index contributed by atoms with van der Waals surface area (Å²) >= 11 is 0. The summed E-state index contributed by atoms with van der Waals surface area (Å²) in [5.74, 6) is 2.35. The van der Waals surface area contributed by atoms with Gasteiger partial charge in [0.25, 0.3) is 0 Å². The minimum atomic E-state index is 0.677. The highest BCUT2D eigenvalue weighted by Gasteiger charge is 2.09. The molecule has 0 aliphatic heterocycles. The minimum absolute atomic E-state index is 0.677. The molecule has 5 rings (SSSR count). The van der Waals surface area contributed by atoms with Gasteiger partial charge in [-0.3, -0.25) is 0 Å². The van der Waals surface area contributed by atoms with Gasteiger partial charge in [-0.2, -0.15) is 0 Å². The summed E-state index contributed by atoms with van der Waals surface area (Å²) in [6.07, 6.45) is 7.59. The lowest BCUT2D eigenvalue weighted by molar-refractivity contribution is 0.415. The molecule has 0 saturated carbocycles. The Hall–Kier alpha value is -4.32. The summed E-state index contributed by atoms with van der Waals surface area (Å²) in [6, 6.07) is 20.0. The third kappa shape index (κ3) is 3.86. The molecule has 3 heterocycles. The van der Waals surface area contributed by atoms with Gasteiger partial charge >= 0.3 is 0 Å². The first kappa shape index (κ1) is 19.6. The van der Waals surface area contributed by atoms with Gasteiger partial charge in [0.05, 0.1) is 14.2 Å². The van der Waals surface area contributed by atoms with Crippen LogP contribution in [0.5, 0.6) is 11.5 Å². The number of methoxy groups -OCH3 is 2. The number of H-pyrrole nitrogens is 2. The van der Waals surface area contributed by atoms with E-state index in [4.69, 9.17) is 9.47 Å². The van der Waals surface area contributed by atoms with Crippen LogP contribution in [0.3, 0.4) is 0 Å². The van der Waals surface area contributed by atoms with E-state index in [-0.39, 0.29) is 0 Å². The maximum atomic E-state index is 5.23. The van der Waals surface area contributed by atoms with Crippen LogP contribution in [-0.4, -0.2) is 34.2 Å². The van der Waals surface area contributed by atoms with Crippen LogP contribution in [0, 0.1) is 0 Å². The van der Waals surface area contributed by atoms with Crippen LogP contribution < -0.4 is 9.47 Å². The van der Waals surface area contributed by atoms with E-state index in [0.717, 1.165) is 50.7 Å². The highest BCUT2D eigenvalue weighted by Crippen LogP contribution is 2.29. The van der Waals surface area contributed by atoms with Crippen molar-refractivity contribution in [3.8, 4) is 56.5 Å². The molecule has 5 aromatic rings. The number of rotatable bonds is 6. The van der Waals surface area contributed by atoms with E-state index in [2.05, 4.69) is 32.1 Å². The number of ether oxygens (including phenoxy) is 2. The third-order valence-electron chi connectivity index (χ3n) is 5.41. The molecular weight excluding hydrogens is 400 g/mol. The second kappa shape index (κ2) is 8.43. The fourth-order valence-corrected chi connectivity index (χ4v) is 3.59. The van der Waals surface area contributed by atoms with Gasteiger partial charge in [-0.1, -0.05) is 0 Å². The lowest BCUT2D eigenvalue weighted by Crippen LogP contribution is -1.87. The summed E-state index contributed by atoms with van der Waals surface area (Å²) in [4.78, 5) is 15.8. The Morgan fingerprint density at radius 3 is 1.53 bits per heavy atom. The third-order valence-corrected chi connectivity index (χ3v) is 5.41. The Morgan fingerprint density at radius 1 is 0.562 bits per heavy atom.